The molecule has 98 valence electrons. The van der Waals surface area contributed by atoms with Crippen molar-refractivity contribution in [3.05, 3.63) is 47.0 Å². The fourth-order valence-electron chi connectivity index (χ4n) is 2.30. The molecule has 0 fully saturated rings. The second-order valence-electron chi connectivity index (χ2n) is 6.18. The predicted molar refractivity (Wildman–Crippen MR) is 81.2 cm³/mol. The van der Waals surface area contributed by atoms with E-state index in [9.17, 15) is 0 Å². The number of furan rings is 1. The molecule has 1 unspecified atom stereocenters. The highest BCUT2D eigenvalue weighted by Gasteiger charge is 2.22. The minimum absolute atomic E-state index is 0.0566. The largest absolute Gasteiger partial charge is 0.456 e. The summed E-state index contributed by atoms with van der Waals surface area (Å²) in [6.07, 6.45) is 16.6. The first-order valence-electron chi connectivity index (χ1n) is 6.59. The molecule has 0 spiro atoms. The second kappa shape index (κ2) is 3.84. The molecule has 0 radical (unpaired) electrons. The monoisotopic (exact) mass is 253 g/mol. The lowest BCUT2D eigenvalue weighted by molar-refractivity contribution is 0.544. The molecule has 0 amide bonds. The Morgan fingerprint density at radius 3 is 1.95 bits per heavy atom. The van der Waals surface area contributed by atoms with Crippen LogP contribution in [-0.4, -0.2) is 5.54 Å². The van der Waals surface area contributed by atoms with Gasteiger partial charge in [-0.2, -0.15) is 0 Å². The van der Waals surface area contributed by atoms with Crippen LogP contribution >= 0.6 is 0 Å². The molecule has 0 saturated heterocycles. The van der Waals surface area contributed by atoms with E-state index in [1.54, 1.807) is 0 Å². The first-order chi connectivity index (χ1) is 8.86. The quantitative estimate of drug-likeness (QED) is 0.756. The van der Waals surface area contributed by atoms with Crippen LogP contribution < -0.4 is 5.73 Å². The van der Waals surface area contributed by atoms with Crippen molar-refractivity contribution in [2.75, 3.05) is 0 Å². The van der Waals surface area contributed by atoms with E-state index in [0.717, 1.165) is 22.6 Å². The van der Waals surface area contributed by atoms with Gasteiger partial charge in [-0.15, -0.1) is 0 Å². The van der Waals surface area contributed by atoms with Gasteiger partial charge in [-0.05, 0) is 19.1 Å². The molecule has 0 aromatic carbocycles. The lowest BCUT2D eigenvalue weighted by Crippen LogP contribution is -2.30. The average molecular weight is 253 g/mol. The molecule has 0 bridgehead atoms. The summed E-state index contributed by atoms with van der Waals surface area (Å²) < 4.78 is 5.94. The molecule has 1 heterocycles. The van der Waals surface area contributed by atoms with Crippen molar-refractivity contribution in [2.45, 2.75) is 26.3 Å². The Labute approximate surface area is 114 Å². The molecule has 1 aromatic rings. The van der Waals surface area contributed by atoms with Crippen LogP contribution in [0.25, 0.3) is 24.3 Å². The van der Waals surface area contributed by atoms with Crippen LogP contribution in [0.15, 0.2) is 28.7 Å². The zero-order valence-corrected chi connectivity index (χ0v) is 11.6. The van der Waals surface area contributed by atoms with Crippen LogP contribution in [0, 0.1) is 5.41 Å². The molecule has 3 rings (SSSR count). The van der Waals surface area contributed by atoms with Crippen molar-refractivity contribution in [1.29, 1.82) is 0 Å². The molecule has 2 aliphatic rings. The fourth-order valence-corrected chi connectivity index (χ4v) is 2.30. The van der Waals surface area contributed by atoms with Crippen LogP contribution in [0.5, 0.6) is 0 Å². The Kier molecular flexibility index (Phi) is 2.48. The van der Waals surface area contributed by atoms with E-state index >= 15 is 0 Å². The van der Waals surface area contributed by atoms with E-state index in [-0.39, 0.29) is 5.41 Å². The standard InChI is InChI=1S/C17H19NO/c1-16(2)8-4-12-13-5-10-17(3,18)11-7-15(13)19-14(12)6-9-16/h4-11H,18H2,1-3H3. The van der Waals surface area contributed by atoms with Gasteiger partial charge in [0.1, 0.15) is 11.5 Å². The molecule has 2 N–H and O–H groups in total. The van der Waals surface area contributed by atoms with E-state index in [1.807, 2.05) is 25.2 Å². The van der Waals surface area contributed by atoms with Gasteiger partial charge in [-0.3, -0.25) is 0 Å². The zero-order chi connectivity index (χ0) is 13.7. The van der Waals surface area contributed by atoms with Crippen LogP contribution in [0.4, 0.5) is 0 Å². The number of hydrogen-bond acceptors (Lipinski definition) is 2. The van der Waals surface area contributed by atoms with Gasteiger partial charge in [0, 0.05) is 16.5 Å². The van der Waals surface area contributed by atoms with Gasteiger partial charge in [-0.1, -0.05) is 50.3 Å². The molecular weight excluding hydrogens is 234 g/mol. The summed E-state index contributed by atoms with van der Waals surface area (Å²) in [6.45, 7) is 6.33. The molecule has 0 saturated carbocycles. The third-order valence-corrected chi connectivity index (χ3v) is 3.59. The summed E-state index contributed by atoms with van der Waals surface area (Å²) >= 11 is 0. The van der Waals surface area contributed by atoms with Crippen molar-refractivity contribution in [1.82, 2.24) is 0 Å². The molecule has 1 aromatic heterocycles. The van der Waals surface area contributed by atoms with E-state index in [1.165, 1.54) is 0 Å². The second-order valence-corrected chi connectivity index (χ2v) is 6.18. The number of allylic oxidation sites excluding steroid dienone is 2. The number of rotatable bonds is 0. The maximum atomic E-state index is 6.12. The van der Waals surface area contributed by atoms with Crippen LogP contribution in [-0.2, 0) is 0 Å². The first-order valence-corrected chi connectivity index (χ1v) is 6.59. The van der Waals surface area contributed by atoms with E-state index in [2.05, 4.69) is 44.2 Å². The Morgan fingerprint density at radius 1 is 0.789 bits per heavy atom. The maximum Gasteiger partial charge on any atom is 0.135 e. The van der Waals surface area contributed by atoms with Gasteiger partial charge in [0.25, 0.3) is 0 Å². The summed E-state index contributed by atoms with van der Waals surface area (Å²) in [6, 6.07) is 0. The smallest absolute Gasteiger partial charge is 0.135 e. The number of hydrogen-bond donors (Lipinski definition) is 1. The van der Waals surface area contributed by atoms with Crippen LogP contribution in [0.3, 0.4) is 0 Å². The lowest BCUT2D eigenvalue weighted by Gasteiger charge is -2.12. The summed E-state index contributed by atoms with van der Waals surface area (Å²) in [4.78, 5) is 0. The normalized spacial score (nSPS) is 26.7. The highest BCUT2D eigenvalue weighted by molar-refractivity contribution is 5.80. The maximum absolute atomic E-state index is 6.12. The van der Waals surface area contributed by atoms with Crippen molar-refractivity contribution < 1.29 is 4.42 Å². The molecule has 2 heteroatoms. The molecule has 19 heavy (non-hydrogen) atoms. The Hall–Kier alpha value is -1.80. The molecule has 2 nitrogen and oxygen atoms in total. The molecular formula is C17H19NO. The minimum Gasteiger partial charge on any atom is -0.456 e. The molecule has 2 aliphatic carbocycles. The summed E-state index contributed by atoms with van der Waals surface area (Å²) in [5.74, 6) is 1.80. The van der Waals surface area contributed by atoms with Crippen LogP contribution in [0.2, 0.25) is 0 Å². The fraction of sp³-hybridized carbons (Fsp3) is 0.294. The number of nitrogens with two attached hydrogens (primary N) is 1. The van der Waals surface area contributed by atoms with E-state index in [0.29, 0.717) is 0 Å². The first kappa shape index (κ1) is 12.2. The minimum atomic E-state index is -0.419. The van der Waals surface area contributed by atoms with Crippen molar-refractivity contribution >= 4 is 24.3 Å². The van der Waals surface area contributed by atoms with Crippen molar-refractivity contribution in [2.24, 2.45) is 11.1 Å². The van der Waals surface area contributed by atoms with Gasteiger partial charge < -0.3 is 10.2 Å². The summed E-state index contributed by atoms with van der Waals surface area (Å²) in [5, 5.41) is 0. The Balaban J connectivity index is 2.15. The van der Waals surface area contributed by atoms with Gasteiger partial charge in [0.15, 0.2) is 0 Å². The van der Waals surface area contributed by atoms with Gasteiger partial charge in [0.2, 0.25) is 0 Å². The van der Waals surface area contributed by atoms with E-state index in [4.69, 9.17) is 10.2 Å². The van der Waals surface area contributed by atoms with E-state index < -0.39 is 5.54 Å². The summed E-state index contributed by atoms with van der Waals surface area (Å²) in [5.41, 5.74) is 8.00. The summed E-state index contributed by atoms with van der Waals surface area (Å²) in [7, 11) is 0. The van der Waals surface area contributed by atoms with Crippen molar-refractivity contribution in [3.63, 3.8) is 0 Å². The topological polar surface area (TPSA) is 39.2 Å². The van der Waals surface area contributed by atoms with Gasteiger partial charge >= 0.3 is 0 Å². The Bertz CT molecular complexity index is 582. The highest BCUT2D eigenvalue weighted by atomic mass is 16.3. The Morgan fingerprint density at radius 2 is 1.26 bits per heavy atom. The third kappa shape index (κ3) is 2.24. The zero-order valence-electron chi connectivity index (χ0n) is 11.6. The average Bonchev–Trinajstić information content (AvgIpc) is 2.49. The van der Waals surface area contributed by atoms with Gasteiger partial charge in [-0.25, -0.2) is 0 Å². The van der Waals surface area contributed by atoms with Gasteiger partial charge in [0.05, 0.1) is 5.54 Å². The molecule has 0 aliphatic heterocycles. The number of fused-ring (bicyclic) bond motifs is 3. The molecule has 1 atom stereocenters. The lowest BCUT2D eigenvalue weighted by atomic mass is 9.93. The highest BCUT2D eigenvalue weighted by Crippen LogP contribution is 2.35. The third-order valence-electron chi connectivity index (χ3n) is 3.59. The SMILES string of the molecule is CC1(C)C=Cc2oc3c(c2C=C1)C=CC(C)(N)C=C3. The van der Waals surface area contributed by atoms with Crippen LogP contribution in [0.1, 0.15) is 43.4 Å². The van der Waals surface area contributed by atoms with Crippen molar-refractivity contribution in [3.8, 4) is 0 Å². The predicted octanol–water partition coefficient (Wildman–Crippen LogP) is 4.10.